The Balaban J connectivity index is 3.63. The lowest BCUT2D eigenvalue weighted by molar-refractivity contribution is -0.132. The average Bonchev–Trinajstić information content (AvgIpc) is 2.13. The predicted molar refractivity (Wildman–Crippen MR) is 51.5 cm³/mol. The molecule has 0 spiro atoms. The Morgan fingerprint density at radius 2 is 1.80 bits per heavy atom. The van der Waals surface area contributed by atoms with Crippen molar-refractivity contribution in [2.24, 2.45) is 0 Å². The van der Waals surface area contributed by atoms with Crippen molar-refractivity contribution in [3.8, 4) is 0 Å². The monoisotopic (exact) mass is 226 g/mol. The molecule has 0 aromatic heterocycles. The van der Waals surface area contributed by atoms with Crippen LogP contribution in [0.4, 0.5) is 13.2 Å². The van der Waals surface area contributed by atoms with E-state index in [9.17, 15) is 18.0 Å². The van der Waals surface area contributed by atoms with Crippen LogP contribution in [0.5, 0.6) is 0 Å². The molecule has 0 aliphatic heterocycles. The van der Waals surface area contributed by atoms with Gasteiger partial charge in [-0.2, -0.15) is 13.2 Å². The summed E-state index contributed by atoms with van der Waals surface area (Å²) >= 11 is 0. The summed E-state index contributed by atoms with van der Waals surface area (Å²) < 4.78 is 35.1. The van der Waals surface area contributed by atoms with Gasteiger partial charge in [0.15, 0.2) is 0 Å². The maximum atomic E-state index is 11.7. The Hall–Kier alpha value is -0.780. The lowest BCUT2D eigenvalue weighted by Crippen LogP contribution is -2.35. The van der Waals surface area contributed by atoms with E-state index in [0.29, 0.717) is 13.1 Å². The van der Waals surface area contributed by atoms with Crippen LogP contribution in [0.15, 0.2) is 0 Å². The molecule has 0 rings (SSSR count). The molecular weight excluding hydrogens is 209 g/mol. The van der Waals surface area contributed by atoms with Gasteiger partial charge in [0.2, 0.25) is 5.91 Å². The van der Waals surface area contributed by atoms with E-state index >= 15 is 0 Å². The largest absolute Gasteiger partial charge is 0.401 e. The quantitative estimate of drug-likeness (QED) is 0.694. The Labute approximate surface area is 87.6 Å². The van der Waals surface area contributed by atoms with Crippen LogP contribution in [0.1, 0.15) is 20.3 Å². The van der Waals surface area contributed by atoms with E-state index in [1.807, 2.05) is 13.8 Å². The van der Waals surface area contributed by atoms with Crippen LogP contribution in [0, 0.1) is 0 Å². The summed E-state index contributed by atoms with van der Waals surface area (Å²) in [4.78, 5) is 12.9. The number of nitrogens with one attached hydrogen (secondary N) is 1. The molecule has 0 heterocycles. The molecular formula is C9H17F3N2O. The molecule has 0 fully saturated rings. The summed E-state index contributed by atoms with van der Waals surface area (Å²) in [6.07, 6.45) is -4.10. The first kappa shape index (κ1) is 14.2. The highest BCUT2D eigenvalue weighted by Gasteiger charge is 2.26. The third kappa shape index (κ3) is 7.18. The number of amides is 1. The van der Waals surface area contributed by atoms with E-state index in [4.69, 9.17) is 0 Å². The molecule has 0 atom stereocenters. The Bertz CT molecular complexity index is 190. The van der Waals surface area contributed by atoms with Gasteiger partial charge >= 0.3 is 6.18 Å². The van der Waals surface area contributed by atoms with Gasteiger partial charge in [-0.25, -0.2) is 0 Å². The molecule has 1 N–H and O–H groups in total. The minimum atomic E-state index is -4.21. The van der Waals surface area contributed by atoms with Crippen molar-refractivity contribution in [3.05, 3.63) is 0 Å². The van der Waals surface area contributed by atoms with Gasteiger partial charge in [-0.15, -0.1) is 0 Å². The molecule has 0 radical (unpaired) electrons. The van der Waals surface area contributed by atoms with Gasteiger partial charge in [0, 0.05) is 26.1 Å². The second kappa shape index (κ2) is 6.66. The van der Waals surface area contributed by atoms with E-state index in [1.54, 1.807) is 4.90 Å². The third-order valence-electron chi connectivity index (χ3n) is 1.96. The number of carbonyl (C=O) groups is 1. The number of alkyl halides is 3. The third-order valence-corrected chi connectivity index (χ3v) is 1.96. The van der Waals surface area contributed by atoms with E-state index in [2.05, 4.69) is 5.32 Å². The van der Waals surface area contributed by atoms with Crippen molar-refractivity contribution < 1.29 is 18.0 Å². The summed E-state index contributed by atoms with van der Waals surface area (Å²) in [6, 6.07) is 0. The highest BCUT2D eigenvalue weighted by molar-refractivity contribution is 5.76. The number of nitrogens with zero attached hydrogens (tertiary/aromatic N) is 1. The van der Waals surface area contributed by atoms with Gasteiger partial charge in [0.05, 0.1) is 6.54 Å². The topological polar surface area (TPSA) is 32.3 Å². The second-order valence-corrected chi connectivity index (χ2v) is 3.11. The van der Waals surface area contributed by atoms with Crippen LogP contribution < -0.4 is 5.32 Å². The molecule has 0 aromatic carbocycles. The Morgan fingerprint density at radius 1 is 1.27 bits per heavy atom. The molecule has 0 unspecified atom stereocenters. The molecule has 0 aliphatic carbocycles. The number of hydrogen-bond donors (Lipinski definition) is 1. The zero-order valence-electron chi connectivity index (χ0n) is 9.02. The van der Waals surface area contributed by atoms with Gasteiger partial charge in [0.1, 0.15) is 0 Å². The Morgan fingerprint density at radius 3 is 2.20 bits per heavy atom. The first-order valence-corrected chi connectivity index (χ1v) is 4.96. The van der Waals surface area contributed by atoms with Gasteiger partial charge in [-0.3, -0.25) is 4.79 Å². The summed E-state index contributed by atoms with van der Waals surface area (Å²) in [6.45, 7) is 3.88. The molecule has 90 valence electrons. The maximum absolute atomic E-state index is 11.7. The summed E-state index contributed by atoms with van der Waals surface area (Å²) in [5.41, 5.74) is 0. The molecule has 0 aliphatic rings. The number of carbonyl (C=O) groups excluding carboxylic acids is 1. The van der Waals surface area contributed by atoms with Crippen LogP contribution >= 0.6 is 0 Å². The normalized spacial score (nSPS) is 11.5. The fourth-order valence-electron chi connectivity index (χ4n) is 1.16. The maximum Gasteiger partial charge on any atom is 0.401 e. The molecule has 0 bridgehead atoms. The van der Waals surface area contributed by atoms with Crippen LogP contribution in [0.3, 0.4) is 0 Å². The lowest BCUT2D eigenvalue weighted by Gasteiger charge is -2.18. The second-order valence-electron chi connectivity index (χ2n) is 3.11. The SMILES string of the molecule is CCN(CC)C(=O)CCNCC(F)(F)F. The van der Waals surface area contributed by atoms with Crippen molar-refractivity contribution in [3.63, 3.8) is 0 Å². The van der Waals surface area contributed by atoms with Gasteiger partial charge < -0.3 is 10.2 Å². The lowest BCUT2D eigenvalue weighted by atomic mass is 10.3. The zero-order valence-corrected chi connectivity index (χ0v) is 9.02. The molecule has 1 amide bonds. The van der Waals surface area contributed by atoms with Gasteiger partial charge in [0.25, 0.3) is 0 Å². The first-order valence-electron chi connectivity index (χ1n) is 4.96. The smallest absolute Gasteiger partial charge is 0.343 e. The average molecular weight is 226 g/mol. The summed E-state index contributed by atoms with van der Waals surface area (Å²) in [5, 5.41) is 2.19. The number of rotatable bonds is 6. The van der Waals surface area contributed by atoms with Crippen LogP contribution in [-0.4, -0.2) is 43.2 Å². The van der Waals surface area contributed by atoms with Crippen molar-refractivity contribution >= 4 is 5.91 Å². The van der Waals surface area contributed by atoms with Crippen LogP contribution in [0.25, 0.3) is 0 Å². The van der Waals surface area contributed by atoms with Gasteiger partial charge in [-0.1, -0.05) is 0 Å². The highest BCUT2D eigenvalue weighted by Crippen LogP contribution is 2.11. The predicted octanol–water partition coefficient (Wildman–Crippen LogP) is 1.40. The fraction of sp³-hybridized carbons (Fsp3) is 0.889. The number of halogens is 3. The van der Waals surface area contributed by atoms with E-state index < -0.39 is 12.7 Å². The van der Waals surface area contributed by atoms with Crippen molar-refractivity contribution in [2.75, 3.05) is 26.2 Å². The van der Waals surface area contributed by atoms with Crippen LogP contribution in [0.2, 0.25) is 0 Å². The summed E-state index contributed by atoms with van der Waals surface area (Å²) in [7, 11) is 0. The standard InChI is InChI=1S/C9H17F3N2O/c1-3-14(4-2)8(15)5-6-13-7-9(10,11)12/h13H,3-7H2,1-2H3. The van der Waals surface area contributed by atoms with Gasteiger partial charge in [-0.05, 0) is 13.8 Å². The highest BCUT2D eigenvalue weighted by atomic mass is 19.4. The van der Waals surface area contributed by atoms with Crippen molar-refractivity contribution in [1.29, 1.82) is 0 Å². The fourth-order valence-corrected chi connectivity index (χ4v) is 1.16. The van der Waals surface area contributed by atoms with Crippen molar-refractivity contribution in [2.45, 2.75) is 26.4 Å². The summed E-state index contributed by atoms with van der Waals surface area (Å²) in [5.74, 6) is -0.116. The first-order chi connectivity index (χ1) is 6.90. The number of hydrogen-bond acceptors (Lipinski definition) is 2. The van der Waals surface area contributed by atoms with E-state index in [0.717, 1.165) is 0 Å². The molecule has 15 heavy (non-hydrogen) atoms. The van der Waals surface area contributed by atoms with E-state index in [1.165, 1.54) is 0 Å². The van der Waals surface area contributed by atoms with E-state index in [-0.39, 0.29) is 18.9 Å². The van der Waals surface area contributed by atoms with Crippen molar-refractivity contribution in [1.82, 2.24) is 10.2 Å². The zero-order chi connectivity index (χ0) is 11.9. The molecule has 0 saturated carbocycles. The minimum absolute atomic E-state index is 0.0643. The minimum Gasteiger partial charge on any atom is -0.343 e. The Kier molecular flexibility index (Phi) is 6.31. The molecule has 0 saturated heterocycles. The molecule has 6 heteroatoms. The van der Waals surface area contributed by atoms with Crippen LogP contribution in [-0.2, 0) is 4.79 Å². The molecule has 0 aromatic rings. The molecule has 3 nitrogen and oxygen atoms in total.